The normalized spacial score (nSPS) is 20.8. The van der Waals surface area contributed by atoms with Crippen LogP contribution in [0.2, 0.25) is 0 Å². The number of benzene rings is 1. The van der Waals surface area contributed by atoms with Crippen LogP contribution in [0.25, 0.3) is 11.0 Å². The van der Waals surface area contributed by atoms with E-state index >= 15 is 0 Å². The first-order valence-electron chi connectivity index (χ1n) is 14.5. The molecule has 0 radical (unpaired) electrons. The van der Waals surface area contributed by atoms with E-state index in [-0.39, 0.29) is 5.91 Å². The van der Waals surface area contributed by atoms with Crippen LogP contribution in [0.3, 0.4) is 0 Å². The van der Waals surface area contributed by atoms with Crippen LogP contribution in [0, 0.1) is 0 Å². The third-order valence-electron chi connectivity index (χ3n) is 8.76. The minimum Gasteiger partial charge on any atom is -0.491 e. The molecule has 2 aromatic heterocycles. The monoisotopic (exact) mass is 531 g/mol. The van der Waals surface area contributed by atoms with E-state index in [1.807, 2.05) is 29.3 Å². The lowest BCUT2D eigenvalue weighted by Gasteiger charge is -2.40. The Hall–Kier alpha value is -3.37. The summed E-state index contributed by atoms with van der Waals surface area (Å²) in [5.74, 6) is 2.20. The van der Waals surface area contributed by atoms with Crippen molar-refractivity contribution in [3.8, 4) is 5.75 Å². The number of hydrogen-bond donors (Lipinski definition) is 3. The molecule has 39 heavy (non-hydrogen) atoms. The molecule has 3 aromatic rings. The van der Waals surface area contributed by atoms with Crippen LogP contribution in [-0.2, 0) is 11.2 Å². The lowest BCUT2D eigenvalue weighted by molar-refractivity contribution is 0.00158. The number of rotatable bonds is 6. The number of carbonyl (C=O) groups is 1. The molecule has 10 heteroatoms. The fourth-order valence-corrected chi connectivity index (χ4v) is 6.63. The van der Waals surface area contributed by atoms with Gasteiger partial charge < -0.3 is 30.0 Å². The van der Waals surface area contributed by atoms with Crippen molar-refractivity contribution in [1.29, 1.82) is 0 Å². The first-order valence-corrected chi connectivity index (χ1v) is 14.5. The third kappa shape index (κ3) is 4.91. The standard InChI is InChI=1S/C29H37N7O3/c37-28(36-12-8-20(9-13-36)35-14-17-38-18-15-35)22-5-6-24(25-21(22)10-16-39-25)32-29-33-26-23(7-11-30-26)27(34-29)31-19-3-1-2-4-19/h5-7,11,19-20H,1-4,8-10,12-18H2,(H3,30,31,32,33,34). The number of nitrogens with zero attached hydrogens (tertiary/aromatic N) is 4. The molecule has 3 aliphatic heterocycles. The highest BCUT2D eigenvalue weighted by Gasteiger charge is 2.31. The molecule has 206 valence electrons. The maximum atomic E-state index is 13.6. The lowest BCUT2D eigenvalue weighted by Crippen LogP contribution is -2.50. The van der Waals surface area contributed by atoms with Crippen LogP contribution < -0.4 is 15.4 Å². The summed E-state index contributed by atoms with van der Waals surface area (Å²) >= 11 is 0. The van der Waals surface area contributed by atoms with E-state index in [1.54, 1.807) is 0 Å². The number of amides is 1. The number of likely N-dealkylation sites (tertiary alicyclic amines) is 1. The highest BCUT2D eigenvalue weighted by molar-refractivity contribution is 5.98. The summed E-state index contributed by atoms with van der Waals surface area (Å²) in [4.78, 5) is 30.9. The van der Waals surface area contributed by atoms with E-state index in [1.165, 1.54) is 25.7 Å². The number of hydrogen-bond acceptors (Lipinski definition) is 8. The lowest BCUT2D eigenvalue weighted by atomic mass is 9.99. The van der Waals surface area contributed by atoms with Crippen LogP contribution in [0.1, 0.15) is 54.4 Å². The number of nitrogens with one attached hydrogen (secondary N) is 3. The van der Waals surface area contributed by atoms with Gasteiger partial charge in [-0.15, -0.1) is 0 Å². The van der Waals surface area contributed by atoms with E-state index in [2.05, 4.69) is 20.5 Å². The van der Waals surface area contributed by atoms with Crippen LogP contribution in [0.4, 0.5) is 17.5 Å². The zero-order valence-corrected chi connectivity index (χ0v) is 22.4. The molecule has 2 saturated heterocycles. The largest absolute Gasteiger partial charge is 0.491 e. The fraction of sp³-hybridized carbons (Fsp3) is 0.552. The Balaban J connectivity index is 1.09. The average Bonchev–Trinajstić information content (AvgIpc) is 3.76. The second kappa shape index (κ2) is 10.7. The molecule has 10 nitrogen and oxygen atoms in total. The van der Waals surface area contributed by atoms with Crippen molar-refractivity contribution in [1.82, 2.24) is 24.8 Å². The van der Waals surface area contributed by atoms with Crippen LogP contribution >= 0.6 is 0 Å². The molecule has 1 aromatic carbocycles. The number of aromatic nitrogens is 3. The number of fused-ring (bicyclic) bond motifs is 2. The zero-order chi connectivity index (χ0) is 26.2. The molecule has 1 saturated carbocycles. The van der Waals surface area contributed by atoms with Gasteiger partial charge in [-0.1, -0.05) is 12.8 Å². The minimum atomic E-state index is 0.107. The predicted molar refractivity (Wildman–Crippen MR) is 150 cm³/mol. The molecule has 5 heterocycles. The van der Waals surface area contributed by atoms with Crippen molar-refractivity contribution < 1.29 is 14.3 Å². The maximum absolute atomic E-state index is 13.6. The van der Waals surface area contributed by atoms with Gasteiger partial charge in [0.25, 0.3) is 5.91 Å². The maximum Gasteiger partial charge on any atom is 0.254 e. The van der Waals surface area contributed by atoms with Gasteiger partial charge in [0.1, 0.15) is 17.2 Å². The predicted octanol–water partition coefficient (Wildman–Crippen LogP) is 3.93. The molecule has 3 N–H and O–H groups in total. The Morgan fingerprint density at radius 1 is 0.974 bits per heavy atom. The van der Waals surface area contributed by atoms with Crippen molar-refractivity contribution in [3.63, 3.8) is 0 Å². The van der Waals surface area contributed by atoms with Crippen molar-refractivity contribution in [2.45, 2.75) is 57.0 Å². The topological polar surface area (TPSA) is 108 Å². The first kappa shape index (κ1) is 24.7. The molecule has 0 spiro atoms. The number of morpholine rings is 1. The summed E-state index contributed by atoms with van der Waals surface area (Å²) in [6.45, 7) is 5.77. The van der Waals surface area contributed by atoms with Gasteiger partial charge >= 0.3 is 0 Å². The summed E-state index contributed by atoms with van der Waals surface area (Å²) in [6, 6.07) is 6.88. The van der Waals surface area contributed by atoms with Gasteiger partial charge in [0.15, 0.2) is 0 Å². The Kier molecular flexibility index (Phi) is 6.74. The summed E-state index contributed by atoms with van der Waals surface area (Å²) in [5, 5.41) is 8.02. The van der Waals surface area contributed by atoms with E-state index in [0.29, 0.717) is 24.6 Å². The Labute approximate surface area is 228 Å². The van der Waals surface area contributed by atoms with Crippen LogP contribution in [0.5, 0.6) is 5.75 Å². The second-order valence-electron chi connectivity index (χ2n) is 11.1. The second-order valence-corrected chi connectivity index (χ2v) is 11.1. The zero-order valence-electron chi connectivity index (χ0n) is 22.4. The summed E-state index contributed by atoms with van der Waals surface area (Å²) in [7, 11) is 0. The third-order valence-corrected chi connectivity index (χ3v) is 8.76. The number of piperidine rings is 1. The Bertz CT molecular complexity index is 1340. The van der Waals surface area contributed by atoms with Gasteiger partial charge in [-0.25, -0.2) is 0 Å². The van der Waals surface area contributed by atoms with E-state index in [4.69, 9.17) is 19.4 Å². The Morgan fingerprint density at radius 3 is 2.62 bits per heavy atom. The molecule has 4 aliphatic rings. The quantitative estimate of drug-likeness (QED) is 0.439. The van der Waals surface area contributed by atoms with Gasteiger partial charge in [-0.3, -0.25) is 9.69 Å². The molecule has 1 amide bonds. The average molecular weight is 532 g/mol. The summed E-state index contributed by atoms with van der Waals surface area (Å²) in [6.07, 6.45) is 9.49. The van der Waals surface area contributed by atoms with Crippen molar-refractivity contribution in [2.75, 3.05) is 56.6 Å². The number of H-pyrrole nitrogens is 1. The molecule has 0 bridgehead atoms. The highest BCUT2D eigenvalue weighted by Crippen LogP contribution is 2.38. The van der Waals surface area contributed by atoms with E-state index in [0.717, 1.165) is 98.1 Å². The Morgan fingerprint density at radius 2 is 1.79 bits per heavy atom. The SMILES string of the molecule is O=C(c1ccc(Nc2nc(NC3CCCC3)c3cc[nH]c3n2)c2c1CCO2)N1CCC(N2CCOCC2)CC1. The van der Waals surface area contributed by atoms with Crippen LogP contribution in [0.15, 0.2) is 24.4 Å². The fourth-order valence-electron chi connectivity index (χ4n) is 6.63. The van der Waals surface area contributed by atoms with Gasteiger partial charge in [0, 0.05) is 62.0 Å². The van der Waals surface area contributed by atoms with Gasteiger partial charge in [-0.05, 0) is 43.9 Å². The number of anilines is 3. The summed E-state index contributed by atoms with van der Waals surface area (Å²) in [5.41, 5.74) is 3.31. The van der Waals surface area contributed by atoms with E-state index in [9.17, 15) is 4.79 Å². The number of aromatic amines is 1. The molecule has 7 rings (SSSR count). The molecule has 3 fully saturated rings. The molecule has 1 aliphatic carbocycles. The van der Waals surface area contributed by atoms with Gasteiger partial charge in [0.05, 0.1) is 30.9 Å². The molecular formula is C29H37N7O3. The minimum absolute atomic E-state index is 0.107. The van der Waals surface area contributed by atoms with Crippen LogP contribution in [-0.4, -0.2) is 88.7 Å². The molecular weight excluding hydrogens is 494 g/mol. The van der Waals surface area contributed by atoms with Crippen molar-refractivity contribution in [2.24, 2.45) is 0 Å². The van der Waals surface area contributed by atoms with Gasteiger partial charge in [0.2, 0.25) is 5.95 Å². The smallest absolute Gasteiger partial charge is 0.254 e. The number of ether oxygens (including phenoxy) is 2. The van der Waals surface area contributed by atoms with Gasteiger partial charge in [-0.2, -0.15) is 9.97 Å². The summed E-state index contributed by atoms with van der Waals surface area (Å²) < 4.78 is 11.6. The first-order chi connectivity index (χ1) is 19.2. The highest BCUT2D eigenvalue weighted by atomic mass is 16.5. The molecule has 0 atom stereocenters. The van der Waals surface area contributed by atoms with Crippen molar-refractivity contribution in [3.05, 3.63) is 35.5 Å². The van der Waals surface area contributed by atoms with E-state index < -0.39 is 0 Å². The van der Waals surface area contributed by atoms with Crippen molar-refractivity contribution >= 4 is 34.4 Å². The molecule has 0 unspecified atom stereocenters. The number of carbonyl (C=O) groups excluding carboxylic acids is 1.